The maximum atomic E-state index is 12.1. The smallest absolute Gasteiger partial charge is 0.270 e. The summed E-state index contributed by atoms with van der Waals surface area (Å²) in [5, 5.41) is 10.9. The number of rotatable bonds is 7. The molecule has 1 aliphatic rings. The predicted octanol–water partition coefficient (Wildman–Crippen LogP) is -0.485. The van der Waals surface area contributed by atoms with Gasteiger partial charge in [-0.05, 0) is 6.07 Å². The molecular weight excluding hydrogens is 338 g/mol. The van der Waals surface area contributed by atoms with E-state index in [2.05, 4.69) is 4.90 Å². The number of hydrazine groups is 1. The lowest BCUT2D eigenvalue weighted by Crippen LogP contribution is -2.41. The van der Waals surface area contributed by atoms with Crippen molar-refractivity contribution in [2.45, 2.75) is 4.90 Å². The zero-order chi connectivity index (χ0) is 17.7. The molecule has 0 atom stereocenters. The number of nitro benzene ring substituents is 1. The van der Waals surface area contributed by atoms with E-state index in [1.54, 1.807) is 16.8 Å². The Morgan fingerprint density at radius 2 is 2.08 bits per heavy atom. The summed E-state index contributed by atoms with van der Waals surface area (Å²) in [6.07, 6.45) is 0. The van der Waals surface area contributed by atoms with Crippen LogP contribution in [0.1, 0.15) is 0 Å². The van der Waals surface area contributed by atoms with Crippen LogP contribution >= 0.6 is 0 Å². The summed E-state index contributed by atoms with van der Waals surface area (Å²) in [5.41, 5.74) is 0.0426. The van der Waals surface area contributed by atoms with Gasteiger partial charge >= 0.3 is 0 Å². The van der Waals surface area contributed by atoms with Crippen molar-refractivity contribution in [2.24, 2.45) is 5.84 Å². The third-order valence-corrected chi connectivity index (χ3v) is 5.08. The van der Waals surface area contributed by atoms with E-state index in [0.29, 0.717) is 25.4 Å². The molecule has 134 valence electrons. The van der Waals surface area contributed by atoms with Crippen LogP contribution in [-0.2, 0) is 14.8 Å². The number of benzene rings is 1. The van der Waals surface area contributed by atoms with Crippen LogP contribution in [0.3, 0.4) is 0 Å². The van der Waals surface area contributed by atoms with Crippen LogP contribution in [0.5, 0.6) is 0 Å². The van der Waals surface area contributed by atoms with Crippen molar-refractivity contribution in [1.82, 2.24) is 9.73 Å². The van der Waals surface area contributed by atoms with Gasteiger partial charge in [0.15, 0.2) is 0 Å². The topological polar surface area (TPSA) is 131 Å². The average molecular weight is 359 g/mol. The fourth-order valence-corrected chi connectivity index (χ4v) is 3.35. The Morgan fingerprint density at radius 3 is 2.67 bits per heavy atom. The molecule has 0 radical (unpaired) electrons. The molecule has 10 nitrogen and oxygen atoms in total. The normalized spacial score (nSPS) is 16.1. The Balaban J connectivity index is 2.22. The maximum absolute atomic E-state index is 12.1. The van der Waals surface area contributed by atoms with Gasteiger partial charge in [-0.2, -0.15) is 0 Å². The number of morpholine rings is 1. The Morgan fingerprint density at radius 1 is 1.42 bits per heavy atom. The molecule has 0 saturated carbocycles. The molecule has 0 aliphatic carbocycles. The van der Waals surface area contributed by atoms with Crippen molar-refractivity contribution in [3.63, 3.8) is 0 Å². The van der Waals surface area contributed by atoms with Crippen molar-refractivity contribution >= 4 is 21.4 Å². The molecule has 0 amide bonds. The summed E-state index contributed by atoms with van der Waals surface area (Å²) in [6.45, 7) is 4.29. The molecule has 1 aliphatic heterocycles. The van der Waals surface area contributed by atoms with Gasteiger partial charge in [0.25, 0.3) is 15.7 Å². The second-order valence-electron chi connectivity index (χ2n) is 5.41. The van der Waals surface area contributed by atoms with E-state index >= 15 is 0 Å². The number of hydrogen-bond donors (Lipinski definition) is 2. The molecule has 1 aromatic carbocycles. The molecule has 1 aromatic rings. The van der Waals surface area contributed by atoms with E-state index in [9.17, 15) is 18.5 Å². The van der Waals surface area contributed by atoms with Gasteiger partial charge in [0.05, 0.1) is 23.8 Å². The van der Waals surface area contributed by atoms with Gasteiger partial charge in [-0.15, -0.1) is 4.83 Å². The van der Waals surface area contributed by atoms with E-state index in [1.807, 2.05) is 0 Å². The van der Waals surface area contributed by atoms with E-state index in [-0.39, 0.29) is 10.6 Å². The molecule has 1 heterocycles. The highest BCUT2D eigenvalue weighted by Crippen LogP contribution is 2.28. The van der Waals surface area contributed by atoms with Crippen molar-refractivity contribution in [2.75, 3.05) is 51.3 Å². The van der Waals surface area contributed by atoms with Gasteiger partial charge in [-0.3, -0.25) is 20.9 Å². The number of nitro groups is 1. The molecule has 24 heavy (non-hydrogen) atoms. The van der Waals surface area contributed by atoms with Gasteiger partial charge in [0.2, 0.25) is 0 Å². The van der Waals surface area contributed by atoms with E-state index in [1.165, 1.54) is 12.1 Å². The largest absolute Gasteiger partial charge is 0.379 e. The Kier molecular flexibility index (Phi) is 6.07. The fraction of sp³-hybridized carbons (Fsp3) is 0.538. The van der Waals surface area contributed by atoms with Gasteiger partial charge < -0.3 is 9.64 Å². The minimum Gasteiger partial charge on any atom is -0.379 e. The van der Waals surface area contributed by atoms with E-state index in [4.69, 9.17) is 10.6 Å². The monoisotopic (exact) mass is 359 g/mol. The van der Waals surface area contributed by atoms with Crippen LogP contribution in [0, 0.1) is 10.1 Å². The summed E-state index contributed by atoms with van der Waals surface area (Å²) in [4.78, 5) is 15.7. The standard InChI is InChI=1S/C13H21N5O5S/c1-16(4-5-17-6-8-23-9-7-17)12-3-2-11(18(19)20)10-13(12)24(21,22)15-14/h2-3,10,15H,4-9,14H2,1H3. The van der Waals surface area contributed by atoms with Crippen LogP contribution in [0.15, 0.2) is 23.1 Å². The molecule has 11 heteroatoms. The number of sulfonamides is 1. The van der Waals surface area contributed by atoms with Crippen LogP contribution in [0.2, 0.25) is 0 Å². The van der Waals surface area contributed by atoms with Crippen LogP contribution in [-0.4, -0.2) is 64.7 Å². The zero-order valence-corrected chi connectivity index (χ0v) is 14.2. The number of anilines is 1. The Bertz CT molecular complexity index is 690. The first-order valence-electron chi connectivity index (χ1n) is 7.37. The summed E-state index contributed by atoms with van der Waals surface area (Å²) >= 11 is 0. The number of nitrogens with one attached hydrogen (secondary N) is 1. The number of hydrogen-bond acceptors (Lipinski definition) is 8. The lowest BCUT2D eigenvalue weighted by molar-refractivity contribution is -0.385. The quantitative estimate of drug-likeness (QED) is 0.379. The van der Waals surface area contributed by atoms with E-state index < -0.39 is 14.9 Å². The molecule has 1 fully saturated rings. The molecular formula is C13H21N5O5S. The lowest BCUT2D eigenvalue weighted by Gasteiger charge is -2.29. The first kappa shape index (κ1) is 18.5. The molecule has 0 bridgehead atoms. The molecule has 0 unspecified atom stereocenters. The molecule has 0 aromatic heterocycles. The molecule has 1 saturated heterocycles. The van der Waals surface area contributed by atoms with Crippen molar-refractivity contribution < 1.29 is 18.1 Å². The second-order valence-corrected chi connectivity index (χ2v) is 7.09. The maximum Gasteiger partial charge on any atom is 0.270 e. The third-order valence-electron chi connectivity index (χ3n) is 3.87. The van der Waals surface area contributed by atoms with Crippen LogP contribution in [0.25, 0.3) is 0 Å². The first-order chi connectivity index (χ1) is 11.3. The van der Waals surface area contributed by atoms with Gasteiger partial charge in [0, 0.05) is 45.4 Å². The summed E-state index contributed by atoms with van der Waals surface area (Å²) < 4.78 is 29.5. The fourth-order valence-electron chi connectivity index (χ4n) is 2.45. The third kappa shape index (κ3) is 4.39. The highest BCUT2D eigenvalue weighted by Gasteiger charge is 2.23. The minimum absolute atomic E-state index is 0.219. The number of nitrogens with two attached hydrogens (primary N) is 1. The summed E-state index contributed by atoms with van der Waals surface area (Å²) in [6, 6.07) is 3.70. The second kappa shape index (κ2) is 7.85. The first-order valence-corrected chi connectivity index (χ1v) is 8.85. The molecule has 2 rings (SSSR count). The Hall–Kier alpha value is -1.79. The van der Waals surface area contributed by atoms with Gasteiger partial charge in [0.1, 0.15) is 4.90 Å². The van der Waals surface area contributed by atoms with Gasteiger partial charge in [-0.25, -0.2) is 8.42 Å². The van der Waals surface area contributed by atoms with Gasteiger partial charge in [-0.1, -0.05) is 0 Å². The van der Waals surface area contributed by atoms with Crippen molar-refractivity contribution in [3.8, 4) is 0 Å². The molecule has 3 N–H and O–H groups in total. The average Bonchev–Trinajstić information content (AvgIpc) is 2.60. The minimum atomic E-state index is -4.02. The zero-order valence-electron chi connectivity index (χ0n) is 13.3. The Labute approximate surface area is 140 Å². The molecule has 0 spiro atoms. The van der Waals surface area contributed by atoms with E-state index in [0.717, 1.165) is 25.7 Å². The summed E-state index contributed by atoms with van der Waals surface area (Å²) in [7, 11) is -2.29. The van der Waals surface area contributed by atoms with Crippen molar-refractivity contribution in [1.29, 1.82) is 0 Å². The number of likely N-dealkylation sites (N-methyl/N-ethyl adjacent to an activating group) is 1. The van der Waals surface area contributed by atoms with Crippen LogP contribution in [0.4, 0.5) is 11.4 Å². The lowest BCUT2D eigenvalue weighted by atomic mass is 10.2. The number of nitrogens with zero attached hydrogens (tertiary/aromatic N) is 3. The number of non-ortho nitro benzene ring substituents is 1. The SMILES string of the molecule is CN(CCN1CCOCC1)c1ccc([N+](=O)[O-])cc1S(=O)(=O)NN. The van der Waals surface area contributed by atoms with Crippen molar-refractivity contribution in [3.05, 3.63) is 28.3 Å². The highest BCUT2D eigenvalue weighted by molar-refractivity contribution is 7.89. The highest BCUT2D eigenvalue weighted by atomic mass is 32.2. The summed E-state index contributed by atoms with van der Waals surface area (Å²) in [5.74, 6) is 5.08. The number of ether oxygens (including phenoxy) is 1. The van der Waals surface area contributed by atoms with Crippen LogP contribution < -0.4 is 15.6 Å². The predicted molar refractivity (Wildman–Crippen MR) is 88.1 cm³/mol.